The van der Waals surface area contributed by atoms with Gasteiger partial charge in [0.15, 0.2) is 0 Å². The summed E-state index contributed by atoms with van der Waals surface area (Å²) in [4.78, 5) is 11.9. The second-order valence-corrected chi connectivity index (χ2v) is 8.95. The number of aryl methyl sites for hydroxylation is 1. The number of nitrogens with zero attached hydrogens (tertiary/aromatic N) is 3. The summed E-state index contributed by atoms with van der Waals surface area (Å²) in [7, 11) is 0. The van der Waals surface area contributed by atoms with Crippen LogP contribution in [0.3, 0.4) is 0 Å². The van der Waals surface area contributed by atoms with Crippen molar-refractivity contribution in [2.24, 2.45) is 5.92 Å². The predicted octanol–water partition coefficient (Wildman–Crippen LogP) is 5.64. The molecule has 0 amide bonds. The molecule has 2 aromatic rings. The summed E-state index contributed by atoms with van der Waals surface area (Å²) in [6.45, 7) is 5.66. The highest BCUT2D eigenvalue weighted by molar-refractivity contribution is 6.33. The van der Waals surface area contributed by atoms with Crippen molar-refractivity contribution in [2.45, 2.75) is 57.9 Å². The highest BCUT2D eigenvalue weighted by Crippen LogP contribution is 2.27. The molecule has 5 nitrogen and oxygen atoms in total. The Labute approximate surface area is 179 Å². The number of para-hydroxylation sites is 1. The van der Waals surface area contributed by atoms with Crippen LogP contribution in [-0.2, 0) is 0 Å². The molecule has 2 N–H and O–H groups in total. The number of anilines is 3. The molecule has 1 aliphatic heterocycles. The lowest BCUT2D eigenvalue weighted by Crippen LogP contribution is -2.41. The maximum Gasteiger partial charge on any atom is 0.229 e. The van der Waals surface area contributed by atoms with E-state index in [2.05, 4.69) is 25.5 Å². The molecule has 0 spiro atoms. The second-order valence-electron chi connectivity index (χ2n) is 8.55. The fourth-order valence-electron chi connectivity index (χ4n) is 4.59. The van der Waals surface area contributed by atoms with Gasteiger partial charge < -0.3 is 15.5 Å². The van der Waals surface area contributed by atoms with Crippen LogP contribution in [0.1, 0.15) is 50.6 Å². The molecule has 156 valence electrons. The summed E-state index contributed by atoms with van der Waals surface area (Å²) in [6.07, 6.45) is 9.50. The summed E-state index contributed by atoms with van der Waals surface area (Å²) in [5, 5.41) is 7.54. The molecule has 1 aliphatic carbocycles. The third-order valence-electron chi connectivity index (χ3n) is 6.16. The summed E-state index contributed by atoms with van der Waals surface area (Å²) in [5.41, 5.74) is 1.76. The Balaban J connectivity index is 1.31. The van der Waals surface area contributed by atoms with Crippen molar-refractivity contribution in [3.05, 3.63) is 41.0 Å². The van der Waals surface area contributed by atoms with E-state index in [0.717, 1.165) is 23.1 Å². The minimum Gasteiger partial charge on any atom is -0.367 e. The number of rotatable bonds is 6. The van der Waals surface area contributed by atoms with Crippen LogP contribution >= 0.6 is 11.6 Å². The van der Waals surface area contributed by atoms with E-state index in [9.17, 15) is 0 Å². The standard InChI is InChI=1S/C23H32ClN5/c1-17-15-22(28-23(25-17)27-21-10-6-5-9-20(21)24)26-19-11-13-29(14-12-19)16-18-7-3-2-4-8-18/h5-6,9-10,15,18-19H,2-4,7-8,11-14,16H2,1H3,(H2,25,26,27,28). The van der Waals surface area contributed by atoms with Crippen LogP contribution in [-0.4, -0.2) is 40.5 Å². The monoisotopic (exact) mass is 413 g/mol. The molecule has 1 aromatic heterocycles. The first-order valence-electron chi connectivity index (χ1n) is 11.0. The molecule has 2 aliphatic rings. The van der Waals surface area contributed by atoms with Gasteiger partial charge in [-0.05, 0) is 50.7 Å². The molecule has 0 radical (unpaired) electrons. The van der Waals surface area contributed by atoms with Gasteiger partial charge in [0.25, 0.3) is 0 Å². The summed E-state index contributed by atoms with van der Waals surface area (Å²) >= 11 is 6.25. The predicted molar refractivity (Wildman–Crippen MR) is 121 cm³/mol. The number of hydrogen-bond acceptors (Lipinski definition) is 5. The van der Waals surface area contributed by atoms with Crippen molar-refractivity contribution < 1.29 is 0 Å². The minimum atomic E-state index is 0.472. The maximum absolute atomic E-state index is 6.25. The van der Waals surface area contributed by atoms with Gasteiger partial charge in [-0.2, -0.15) is 4.98 Å². The third kappa shape index (κ3) is 5.83. The SMILES string of the molecule is Cc1cc(NC2CCN(CC3CCCCC3)CC2)nc(Nc2ccccc2Cl)n1. The zero-order chi connectivity index (χ0) is 20.1. The van der Waals surface area contributed by atoms with E-state index in [1.807, 2.05) is 37.3 Å². The van der Waals surface area contributed by atoms with Crippen molar-refractivity contribution >= 4 is 29.1 Å². The van der Waals surface area contributed by atoms with Crippen LogP contribution in [0, 0.1) is 12.8 Å². The van der Waals surface area contributed by atoms with E-state index < -0.39 is 0 Å². The highest BCUT2D eigenvalue weighted by Gasteiger charge is 2.23. The van der Waals surface area contributed by atoms with E-state index in [-0.39, 0.29) is 0 Å². The Morgan fingerprint density at radius 3 is 2.55 bits per heavy atom. The zero-order valence-electron chi connectivity index (χ0n) is 17.3. The van der Waals surface area contributed by atoms with E-state index in [0.29, 0.717) is 17.0 Å². The molecule has 29 heavy (non-hydrogen) atoms. The van der Waals surface area contributed by atoms with Gasteiger partial charge >= 0.3 is 0 Å². The first kappa shape index (κ1) is 20.4. The van der Waals surface area contributed by atoms with Crippen molar-refractivity contribution in [3.8, 4) is 0 Å². The van der Waals surface area contributed by atoms with E-state index in [1.165, 1.54) is 64.6 Å². The number of halogens is 1. The van der Waals surface area contributed by atoms with E-state index in [1.54, 1.807) is 0 Å². The van der Waals surface area contributed by atoms with E-state index in [4.69, 9.17) is 11.6 Å². The van der Waals surface area contributed by atoms with Gasteiger partial charge in [-0.1, -0.05) is 43.0 Å². The van der Waals surface area contributed by atoms with Gasteiger partial charge in [-0.15, -0.1) is 0 Å². The summed E-state index contributed by atoms with van der Waals surface area (Å²) < 4.78 is 0. The molecule has 6 heteroatoms. The quantitative estimate of drug-likeness (QED) is 0.641. The molecule has 1 aromatic carbocycles. The van der Waals surface area contributed by atoms with Crippen molar-refractivity contribution in [2.75, 3.05) is 30.3 Å². The Morgan fingerprint density at radius 1 is 1.03 bits per heavy atom. The zero-order valence-corrected chi connectivity index (χ0v) is 18.1. The third-order valence-corrected chi connectivity index (χ3v) is 6.48. The molecule has 4 rings (SSSR count). The maximum atomic E-state index is 6.25. The average Bonchev–Trinajstić information content (AvgIpc) is 2.72. The number of hydrogen-bond donors (Lipinski definition) is 2. The van der Waals surface area contributed by atoms with Crippen molar-refractivity contribution in [1.82, 2.24) is 14.9 Å². The topological polar surface area (TPSA) is 53.1 Å². The number of benzene rings is 1. The van der Waals surface area contributed by atoms with E-state index >= 15 is 0 Å². The molecule has 2 fully saturated rings. The Bertz CT molecular complexity index is 798. The smallest absolute Gasteiger partial charge is 0.229 e. The van der Waals surface area contributed by atoms with Crippen LogP contribution in [0.2, 0.25) is 5.02 Å². The Morgan fingerprint density at radius 2 is 1.79 bits per heavy atom. The van der Waals surface area contributed by atoms with Crippen molar-refractivity contribution in [3.63, 3.8) is 0 Å². The van der Waals surface area contributed by atoms with Gasteiger partial charge in [-0.3, -0.25) is 0 Å². The Hall–Kier alpha value is -1.85. The van der Waals surface area contributed by atoms with Crippen LogP contribution in [0.25, 0.3) is 0 Å². The largest absolute Gasteiger partial charge is 0.367 e. The molecular weight excluding hydrogens is 382 g/mol. The summed E-state index contributed by atoms with van der Waals surface area (Å²) in [5.74, 6) is 2.39. The molecule has 0 unspecified atom stereocenters. The van der Waals surface area contributed by atoms with Crippen LogP contribution < -0.4 is 10.6 Å². The first-order valence-corrected chi connectivity index (χ1v) is 11.4. The minimum absolute atomic E-state index is 0.472. The van der Waals surface area contributed by atoms with Crippen molar-refractivity contribution in [1.29, 1.82) is 0 Å². The van der Waals surface area contributed by atoms with Crippen LogP contribution in [0.5, 0.6) is 0 Å². The highest BCUT2D eigenvalue weighted by atomic mass is 35.5. The Kier molecular flexibility index (Phi) is 6.88. The van der Waals surface area contributed by atoms with Gasteiger partial charge in [-0.25, -0.2) is 4.98 Å². The average molecular weight is 414 g/mol. The van der Waals surface area contributed by atoms with Crippen LogP contribution in [0.15, 0.2) is 30.3 Å². The number of likely N-dealkylation sites (tertiary alicyclic amines) is 1. The lowest BCUT2D eigenvalue weighted by atomic mass is 9.88. The molecular formula is C23H32ClN5. The van der Waals surface area contributed by atoms with Crippen LogP contribution in [0.4, 0.5) is 17.5 Å². The molecule has 2 heterocycles. The molecule has 0 atom stereocenters. The van der Waals surface area contributed by atoms with Gasteiger partial charge in [0, 0.05) is 37.4 Å². The number of nitrogens with one attached hydrogen (secondary N) is 2. The van der Waals surface area contributed by atoms with Gasteiger partial charge in [0.2, 0.25) is 5.95 Å². The van der Waals surface area contributed by atoms with Gasteiger partial charge in [0.05, 0.1) is 10.7 Å². The number of aromatic nitrogens is 2. The fourth-order valence-corrected chi connectivity index (χ4v) is 4.77. The number of piperidine rings is 1. The fraction of sp³-hybridized carbons (Fsp3) is 0.565. The summed E-state index contributed by atoms with van der Waals surface area (Å²) in [6, 6.07) is 10.2. The molecule has 0 bridgehead atoms. The van der Waals surface area contributed by atoms with Gasteiger partial charge in [0.1, 0.15) is 5.82 Å². The first-order chi connectivity index (χ1) is 14.2. The molecule has 1 saturated carbocycles. The molecule has 1 saturated heterocycles. The lowest BCUT2D eigenvalue weighted by Gasteiger charge is -2.35. The normalized spacial score (nSPS) is 19.2. The second kappa shape index (κ2) is 9.77. The lowest BCUT2D eigenvalue weighted by molar-refractivity contribution is 0.168.